The second-order valence-electron chi connectivity index (χ2n) is 4.00. The van der Waals surface area contributed by atoms with E-state index in [1.54, 1.807) is 19.2 Å². The molecule has 5 nitrogen and oxygen atoms in total. The van der Waals surface area contributed by atoms with Gasteiger partial charge in [0, 0.05) is 19.7 Å². The van der Waals surface area contributed by atoms with Gasteiger partial charge >= 0.3 is 0 Å². The highest BCUT2D eigenvalue weighted by molar-refractivity contribution is 5.41. The van der Waals surface area contributed by atoms with Gasteiger partial charge in [0.1, 0.15) is 0 Å². The third-order valence-corrected chi connectivity index (χ3v) is 2.29. The van der Waals surface area contributed by atoms with E-state index in [4.69, 9.17) is 0 Å². The molecular formula is C11H19N3O2. The Bertz CT molecular complexity index is 387. The first-order valence-electron chi connectivity index (χ1n) is 5.51. The Hall–Kier alpha value is -1.36. The van der Waals surface area contributed by atoms with Crippen LogP contribution in [0.15, 0.2) is 17.1 Å². The van der Waals surface area contributed by atoms with Crippen LogP contribution in [0.5, 0.6) is 0 Å². The zero-order valence-corrected chi connectivity index (χ0v) is 10.1. The van der Waals surface area contributed by atoms with E-state index < -0.39 is 6.10 Å². The van der Waals surface area contributed by atoms with Crippen LogP contribution in [-0.2, 0) is 6.54 Å². The first kappa shape index (κ1) is 12.7. The number of hydrogen-bond acceptors (Lipinski definition) is 4. The number of anilines is 1. The maximum Gasteiger partial charge on any atom is 0.268 e. The van der Waals surface area contributed by atoms with Crippen LogP contribution in [0.2, 0.25) is 0 Å². The Morgan fingerprint density at radius 2 is 2.31 bits per heavy atom. The molecule has 1 rings (SSSR count). The quantitative estimate of drug-likeness (QED) is 0.791. The van der Waals surface area contributed by atoms with Crippen molar-refractivity contribution < 1.29 is 5.11 Å². The predicted molar refractivity (Wildman–Crippen MR) is 63.7 cm³/mol. The number of rotatable bonds is 5. The van der Waals surface area contributed by atoms with Crippen molar-refractivity contribution in [3.05, 3.63) is 22.6 Å². The Morgan fingerprint density at radius 1 is 1.62 bits per heavy atom. The molecule has 0 spiro atoms. The van der Waals surface area contributed by atoms with Gasteiger partial charge in [-0.15, -0.1) is 0 Å². The van der Waals surface area contributed by atoms with Crippen molar-refractivity contribution in [3.8, 4) is 0 Å². The first-order valence-corrected chi connectivity index (χ1v) is 5.51. The Morgan fingerprint density at radius 3 is 2.81 bits per heavy atom. The van der Waals surface area contributed by atoms with Gasteiger partial charge in [0.2, 0.25) is 0 Å². The first-order chi connectivity index (χ1) is 7.54. The van der Waals surface area contributed by atoms with Crippen molar-refractivity contribution >= 4 is 5.69 Å². The maximum atomic E-state index is 11.6. The van der Waals surface area contributed by atoms with Crippen molar-refractivity contribution in [2.75, 3.05) is 18.5 Å². The lowest BCUT2D eigenvalue weighted by Crippen LogP contribution is -2.29. The lowest BCUT2D eigenvalue weighted by Gasteiger charge is -2.18. The topological polar surface area (TPSA) is 58.4 Å². The smallest absolute Gasteiger partial charge is 0.268 e. The molecule has 0 bridgehead atoms. The summed E-state index contributed by atoms with van der Waals surface area (Å²) in [4.78, 5) is 13.6. The third-order valence-electron chi connectivity index (χ3n) is 2.29. The van der Waals surface area contributed by atoms with Crippen LogP contribution in [0.25, 0.3) is 0 Å². The highest BCUT2D eigenvalue weighted by Crippen LogP contribution is 2.06. The molecule has 16 heavy (non-hydrogen) atoms. The lowest BCUT2D eigenvalue weighted by molar-refractivity contribution is 0.166. The summed E-state index contributed by atoms with van der Waals surface area (Å²) in [5.41, 5.74) is 0.634. The van der Waals surface area contributed by atoms with E-state index in [9.17, 15) is 9.90 Å². The van der Waals surface area contributed by atoms with Gasteiger partial charge < -0.3 is 10.0 Å². The number of nitrogens with zero attached hydrogens (tertiary/aromatic N) is 3. The van der Waals surface area contributed by atoms with Gasteiger partial charge in [-0.05, 0) is 13.3 Å². The maximum absolute atomic E-state index is 11.6. The molecule has 0 radical (unpaired) electrons. The summed E-state index contributed by atoms with van der Waals surface area (Å²) >= 11 is 0. The van der Waals surface area contributed by atoms with Crippen molar-refractivity contribution in [2.24, 2.45) is 0 Å². The molecular weight excluding hydrogens is 206 g/mol. The molecule has 1 atom stereocenters. The van der Waals surface area contributed by atoms with Crippen LogP contribution in [-0.4, -0.2) is 34.6 Å². The van der Waals surface area contributed by atoms with E-state index in [-0.39, 0.29) is 12.1 Å². The minimum absolute atomic E-state index is 0.179. The fourth-order valence-electron chi connectivity index (χ4n) is 1.48. The number of aromatic nitrogens is 2. The van der Waals surface area contributed by atoms with Crippen molar-refractivity contribution in [2.45, 2.75) is 32.9 Å². The Balaban J connectivity index is 2.86. The molecule has 0 fully saturated rings. The van der Waals surface area contributed by atoms with Gasteiger partial charge in [0.15, 0.2) is 0 Å². The summed E-state index contributed by atoms with van der Waals surface area (Å²) in [5.74, 6) is 0. The van der Waals surface area contributed by atoms with Crippen LogP contribution in [0.4, 0.5) is 5.69 Å². The molecule has 90 valence electrons. The van der Waals surface area contributed by atoms with E-state index in [2.05, 4.69) is 12.0 Å². The monoisotopic (exact) mass is 225 g/mol. The number of aliphatic hydroxyl groups excluding tert-OH is 1. The predicted octanol–water partition coefficient (Wildman–Crippen LogP) is 0.470. The number of aliphatic hydroxyl groups is 1. The van der Waals surface area contributed by atoms with Gasteiger partial charge in [0.05, 0.1) is 24.5 Å². The molecule has 1 heterocycles. The lowest BCUT2D eigenvalue weighted by atomic mass is 10.3. The highest BCUT2D eigenvalue weighted by atomic mass is 16.3. The minimum Gasteiger partial charge on any atom is -0.391 e. The molecule has 0 saturated carbocycles. The zero-order valence-electron chi connectivity index (χ0n) is 10.1. The Kier molecular flexibility index (Phi) is 4.49. The summed E-state index contributed by atoms with van der Waals surface area (Å²) in [6.07, 6.45) is 2.11. The molecule has 0 saturated heterocycles. The molecule has 0 aromatic carbocycles. The van der Waals surface area contributed by atoms with Crippen LogP contribution < -0.4 is 10.5 Å². The van der Waals surface area contributed by atoms with Crippen LogP contribution in [0.1, 0.15) is 20.3 Å². The molecule has 0 amide bonds. The normalized spacial score (nSPS) is 12.5. The fourth-order valence-corrected chi connectivity index (χ4v) is 1.48. The average molecular weight is 225 g/mol. The van der Waals surface area contributed by atoms with Crippen LogP contribution in [0.3, 0.4) is 0 Å². The fraction of sp³-hybridized carbons (Fsp3) is 0.636. The molecule has 0 aliphatic carbocycles. The zero-order chi connectivity index (χ0) is 12.1. The van der Waals surface area contributed by atoms with E-state index in [0.717, 1.165) is 18.7 Å². The van der Waals surface area contributed by atoms with Gasteiger partial charge in [-0.1, -0.05) is 6.92 Å². The summed E-state index contributed by atoms with van der Waals surface area (Å²) < 4.78 is 1.27. The average Bonchev–Trinajstić information content (AvgIpc) is 2.20. The van der Waals surface area contributed by atoms with E-state index in [1.807, 2.05) is 11.9 Å². The molecule has 0 aliphatic rings. The summed E-state index contributed by atoms with van der Waals surface area (Å²) in [7, 11) is 1.93. The van der Waals surface area contributed by atoms with Gasteiger partial charge in [-0.3, -0.25) is 4.79 Å². The largest absolute Gasteiger partial charge is 0.391 e. The minimum atomic E-state index is -0.565. The van der Waals surface area contributed by atoms with Crippen LogP contribution in [0, 0.1) is 0 Å². The second kappa shape index (κ2) is 5.65. The van der Waals surface area contributed by atoms with E-state index in [1.165, 1.54) is 4.68 Å². The van der Waals surface area contributed by atoms with Crippen molar-refractivity contribution in [1.29, 1.82) is 0 Å². The third kappa shape index (κ3) is 3.34. The standard InChI is InChI=1S/C11H19N3O2/c1-4-5-13(3)10-6-11(16)14(12-7-10)8-9(2)15/h6-7,9,15H,4-5,8H2,1-3H3/t9-/m1/s1. The van der Waals surface area contributed by atoms with Crippen LogP contribution >= 0.6 is 0 Å². The van der Waals surface area contributed by atoms with E-state index in [0.29, 0.717) is 0 Å². The summed E-state index contributed by atoms with van der Waals surface area (Å²) in [6, 6.07) is 1.55. The molecule has 0 aliphatic heterocycles. The van der Waals surface area contributed by atoms with Gasteiger partial charge in [-0.25, -0.2) is 4.68 Å². The summed E-state index contributed by atoms with van der Waals surface area (Å²) in [6.45, 7) is 4.84. The molecule has 1 aromatic heterocycles. The highest BCUT2D eigenvalue weighted by Gasteiger charge is 2.05. The molecule has 0 unspecified atom stereocenters. The molecule has 1 aromatic rings. The second-order valence-corrected chi connectivity index (χ2v) is 4.00. The van der Waals surface area contributed by atoms with Crippen molar-refractivity contribution in [1.82, 2.24) is 9.78 Å². The molecule has 5 heteroatoms. The summed E-state index contributed by atoms with van der Waals surface area (Å²) in [5, 5.41) is 13.2. The van der Waals surface area contributed by atoms with Gasteiger partial charge in [-0.2, -0.15) is 5.10 Å². The number of hydrogen-bond donors (Lipinski definition) is 1. The van der Waals surface area contributed by atoms with Gasteiger partial charge in [0.25, 0.3) is 5.56 Å². The SMILES string of the molecule is CCCN(C)c1cnn(C[C@@H](C)O)c(=O)c1. The molecule has 1 N–H and O–H groups in total. The Labute approximate surface area is 95.3 Å². The van der Waals surface area contributed by atoms with E-state index >= 15 is 0 Å². The van der Waals surface area contributed by atoms with Crippen molar-refractivity contribution in [3.63, 3.8) is 0 Å².